The maximum Gasteiger partial charge on any atom is 0.229 e. The Hall–Kier alpha value is -3.12. The molecule has 1 fully saturated rings. The third-order valence-electron chi connectivity index (χ3n) is 5.25. The molecule has 29 heavy (non-hydrogen) atoms. The second-order valence-corrected chi connectivity index (χ2v) is 7.28. The Morgan fingerprint density at radius 2 is 1.69 bits per heavy atom. The number of hydrogen-bond acceptors (Lipinski definition) is 6. The van der Waals surface area contributed by atoms with Crippen molar-refractivity contribution in [1.29, 1.82) is 0 Å². The third kappa shape index (κ3) is 4.17. The highest BCUT2D eigenvalue weighted by Gasteiger charge is 2.28. The van der Waals surface area contributed by atoms with Gasteiger partial charge in [0.1, 0.15) is 11.6 Å². The Labute approximate surface area is 172 Å². The van der Waals surface area contributed by atoms with Crippen LogP contribution in [0.2, 0.25) is 0 Å². The quantitative estimate of drug-likeness (QED) is 0.672. The van der Waals surface area contributed by atoms with E-state index in [0.29, 0.717) is 19.2 Å². The Morgan fingerprint density at radius 3 is 2.41 bits per heavy atom. The summed E-state index contributed by atoms with van der Waals surface area (Å²) in [6, 6.07) is 18.8. The first kappa shape index (κ1) is 19.2. The van der Waals surface area contributed by atoms with Gasteiger partial charge in [0.25, 0.3) is 0 Å². The van der Waals surface area contributed by atoms with Gasteiger partial charge in [-0.25, -0.2) is 0 Å². The first-order valence-electron chi connectivity index (χ1n) is 9.95. The second kappa shape index (κ2) is 8.49. The monoisotopic (exact) mass is 389 g/mol. The van der Waals surface area contributed by atoms with E-state index in [9.17, 15) is 0 Å². The van der Waals surface area contributed by atoms with Crippen LogP contribution in [0.5, 0.6) is 0 Å². The average Bonchev–Trinajstić information content (AvgIpc) is 2.77. The van der Waals surface area contributed by atoms with Crippen molar-refractivity contribution in [1.82, 2.24) is 9.97 Å². The van der Waals surface area contributed by atoms with E-state index in [2.05, 4.69) is 71.0 Å². The molecule has 0 radical (unpaired) electrons. The van der Waals surface area contributed by atoms with E-state index in [-0.39, 0.29) is 6.04 Å². The summed E-state index contributed by atoms with van der Waals surface area (Å²) < 4.78 is 5.78. The highest BCUT2D eigenvalue weighted by Crippen LogP contribution is 2.32. The highest BCUT2D eigenvalue weighted by atomic mass is 16.5. The molecule has 0 spiro atoms. The Bertz CT molecular complexity index is 959. The summed E-state index contributed by atoms with van der Waals surface area (Å²) in [5.41, 5.74) is 4.43. The van der Waals surface area contributed by atoms with Gasteiger partial charge in [0, 0.05) is 24.8 Å². The molecule has 1 aromatic heterocycles. The number of nitrogens with one attached hydrogen (secondary N) is 2. The summed E-state index contributed by atoms with van der Waals surface area (Å²) in [6.45, 7) is 6.14. The number of benzene rings is 2. The third-order valence-corrected chi connectivity index (χ3v) is 5.25. The lowest BCUT2D eigenvalue weighted by Gasteiger charge is -2.36. The van der Waals surface area contributed by atoms with Crippen molar-refractivity contribution in [2.24, 2.45) is 0 Å². The molecule has 6 heteroatoms. The molecule has 1 atom stereocenters. The van der Waals surface area contributed by atoms with Crippen LogP contribution in [-0.2, 0) is 4.74 Å². The van der Waals surface area contributed by atoms with Crippen LogP contribution in [0.25, 0.3) is 0 Å². The number of nitrogens with zero attached hydrogens (tertiary/aromatic N) is 3. The fourth-order valence-electron chi connectivity index (χ4n) is 3.57. The van der Waals surface area contributed by atoms with Crippen LogP contribution in [-0.4, -0.2) is 36.8 Å². The average molecular weight is 390 g/mol. The molecule has 0 amide bonds. The molecule has 2 aromatic carbocycles. The van der Waals surface area contributed by atoms with Gasteiger partial charge in [0.15, 0.2) is 0 Å². The van der Waals surface area contributed by atoms with Gasteiger partial charge in [0.05, 0.1) is 19.3 Å². The van der Waals surface area contributed by atoms with Gasteiger partial charge >= 0.3 is 0 Å². The van der Waals surface area contributed by atoms with Crippen LogP contribution < -0.4 is 15.5 Å². The molecular formula is C23H27N5O. The molecule has 0 saturated carbocycles. The summed E-state index contributed by atoms with van der Waals surface area (Å²) >= 11 is 0. The van der Waals surface area contributed by atoms with Crippen molar-refractivity contribution in [2.45, 2.75) is 19.9 Å². The molecular weight excluding hydrogens is 362 g/mol. The fourth-order valence-corrected chi connectivity index (χ4v) is 3.57. The number of aromatic nitrogens is 2. The fraction of sp³-hybridized carbons (Fsp3) is 0.304. The van der Waals surface area contributed by atoms with E-state index in [4.69, 9.17) is 14.7 Å². The number of aryl methyl sites for hydroxylation is 1. The lowest BCUT2D eigenvalue weighted by Crippen LogP contribution is -2.40. The zero-order valence-electron chi connectivity index (χ0n) is 17.1. The maximum absolute atomic E-state index is 5.78. The largest absolute Gasteiger partial charge is 0.377 e. The summed E-state index contributed by atoms with van der Waals surface area (Å²) in [5.74, 6) is 2.33. The lowest BCUT2D eigenvalue weighted by molar-refractivity contribution is 0.0933. The lowest BCUT2D eigenvalue weighted by atomic mass is 10.1. The first-order valence-corrected chi connectivity index (χ1v) is 9.95. The molecule has 2 N–H and O–H groups in total. The van der Waals surface area contributed by atoms with E-state index in [0.717, 1.165) is 29.4 Å². The van der Waals surface area contributed by atoms with Crippen molar-refractivity contribution in [3.05, 3.63) is 71.3 Å². The number of ether oxygens (including phenoxy) is 1. The van der Waals surface area contributed by atoms with Crippen molar-refractivity contribution in [3.63, 3.8) is 0 Å². The normalized spacial score (nSPS) is 16.5. The molecule has 1 aliphatic rings. The molecule has 2 heterocycles. The van der Waals surface area contributed by atoms with Crippen LogP contribution >= 0.6 is 0 Å². The standard InChI is InChI=1S/C23H27N5O/c1-16-9-11-19(12-10-16)25-22-17(2)21(24-3)26-23(27-22)28-13-14-29-15-20(28)18-7-5-4-6-8-18/h4-12,20H,13-15H2,1-3H3,(H2,24,25,26,27). The molecule has 150 valence electrons. The number of rotatable bonds is 5. The van der Waals surface area contributed by atoms with Crippen LogP contribution in [0.15, 0.2) is 54.6 Å². The molecule has 1 aliphatic heterocycles. The summed E-state index contributed by atoms with van der Waals surface area (Å²) in [6.07, 6.45) is 0. The van der Waals surface area contributed by atoms with Gasteiger partial charge in [-0.15, -0.1) is 0 Å². The second-order valence-electron chi connectivity index (χ2n) is 7.28. The van der Waals surface area contributed by atoms with Gasteiger partial charge in [-0.05, 0) is 31.5 Å². The first-order chi connectivity index (χ1) is 14.2. The minimum absolute atomic E-state index is 0.0876. The zero-order valence-corrected chi connectivity index (χ0v) is 17.1. The van der Waals surface area contributed by atoms with Crippen molar-refractivity contribution < 1.29 is 4.74 Å². The summed E-state index contributed by atoms with van der Waals surface area (Å²) in [4.78, 5) is 12.0. The zero-order chi connectivity index (χ0) is 20.2. The molecule has 1 unspecified atom stereocenters. The molecule has 3 aromatic rings. The minimum Gasteiger partial charge on any atom is -0.377 e. The van der Waals surface area contributed by atoms with Crippen LogP contribution in [0, 0.1) is 13.8 Å². The number of morpholine rings is 1. The van der Waals surface area contributed by atoms with E-state index < -0.39 is 0 Å². The molecule has 4 rings (SSSR count). The van der Waals surface area contributed by atoms with Gasteiger partial charge in [-0.2, -0.15) is 9.97 Å². The Morgan fingerprint density at radius 1 is 0.966 bits per heavy atom. The van der Waals surface area contributed by atoms with Gasteiger partial charge < -0.3 is 20.3 Å². The number of anilines is 4. The van der Waals surface area contributed by atoms with Crippen LogP contribution in [0.4, 0.5) is 23.3 Å². The smallest absolute Gasteiger partial charge is 0.229 e. The van der Waals surface area contributed by atoms with Crippen molar-refractivity contribution >= 4 is 23.3 Å². The van der Waals surface area contributed by atoms with E-state index in [1.807, 2.05) is 20.0 Å². The van der Waals surface area contributed by atoms with Gasteiger partial charge in [-0.3, -0.25) is 0 Å². The highest BCUT2D eigenvalue weighted by molar-refractivity contribution is 5.67. The molecule has 6 nitrogen and oxygen atoms in total. The van der Waals surface area contributed by atoms with Crippen molar-refractivity contribution in [3.8, 4) is 0 Å². The SMILES string of the molecule is CNc1nc(N2CCOCC2c2ccccc2)nc(Nc2ccc(C)cc2)c1C. The predicted octanol–water partition coefficient (Wildman–Crippen LogP) is 4.46. The Balaban J connectivity index is 1.71. The van der Waals surface area contributed by atoms with Gasteiger partial charge in [-0.1, -0.05) is 48.0 Å². The summed E-state index contributed by atoms with van der Waals surface area (Å²) in [7, 11) is 1.89. The predicted molar refractivity (Wildman–Crippen MR) is 118 cm³/mol. The molecule has 0 bridgehead atoms. The number of hydrogen-bond donors (Lipinski definition) is 2. The van der Waals surface area contributed by atoms with E-state index in [1.165, 1.54) is 11.1 Å². The Kier molecular flexibility index (Phi) is 5.62. The maximum atomic E-state index is 5.78. The molecule has 1 saturated heterocycles. The van der Waals surface area contributed by atoms with Crippen LogP contribution in [0.1, 0.15) is 22.7 Å². The minimum atomic E-state index is 0.0876. The topological polar surface area (TPSA) is 62.3 Å². The van der Waals surface area contributed by atoms with E-state index in [1.54, 1.807) is 0 Å². The van der Waals surface area contributed by atoms with Gasteiger partial charge in [0.2, 0.25) is 5.95 Å². The van der Waals surface area contributed by atoms with Crippen molar-refractivity contribution in [2.75, 3.05) is 42.3 Å². The summed E-state index contributed by atoms with van der Waals surface area (Å²) in [5, 5.41) is 6.67. The van der Waals surface area contributed by atoms with E-state index >= 15 is 0 Å². The van der Waals surface area contributed by atoms with Crippen LogP contribution in [0.3, 0.4) is 0 Å². The molecule has 0 aliphatic carbocycles.